The van der Waals surface area contributed by atoms with Gasteiger partial charge in [-0.05, 0) is 12.1 Å². The van der Waals surface area contributed by atoms with E-state index in [0.29, 0.717) is 22.5 Å². The minimum Gasteiger partial charge on any atom is -0.508 e. The Morgan fingerprint density at radius 1 is 1.13 bits per heavy atom. The number of benzene rings is 2. The van der Waals surface area contributed by atoms with Gasteiger partial charge in [-0.1, -0.05) is 36.4 Å². The number of nitrogens with zero attached hydrogens (tertiary/aromatic N) is 2. The van der Waals surface area contributed by atoms with Crippen molar-refractivity contribution in [1.29, 1.82) is 0 Å². The average Bonchev–Trinajstić information content (AvgIpc) is 3.10. The second-order valence-electron chi connectivity index (χ2n) is 6.88. The third kappa shape index (κ3) is 4.95. The standard InChI is InChI=1S/C20H21N3O6S/c1-30(28,29)22-15-8-4-2-6-13(15)16-12-17(14-7-3-5-9-18(14)24)23(21-16)19(25)10-11-20(26)27/h2-9,17,22,24H,10-12H2,1H3,(H,26,27). The number of aromatic hydroxyl groups is 1. The summed E-state index contributed by atoms with van der Waals surface area (Å²) in [5, 5.41) is 24.7. The van der Waals surface area contributed by atoms with Crippen LogP contribution in [0.5, 0.6) is 5.75 Å². The summed E-state index contributed by atoms with van der Waals surface area (Å²) < 4.78 is 25.9. The fraction of sp³-hybridized carbons (Fsp3) is 0.250. The summed E-state index contributed by atoms with van der Waals surface area (Å²) in [5.74, 6) is -1.62. The molecule has 1 unspecified atom stereocenters. The molecule has 158 valence electrons. The molecule has 3 N–H and O–H groups in total. The zero-order valence-corrected chi connectivity index (χ0v) is 17.0. The van der Waals surface area contributed by atoms with Crippen LogP contribution in [0.15, 0.2) is 53.6 Å². The van der Waals surface area contributed by atoms with Gasteiger partial charge in [0.2, 0.25) is 15.9 Å². The predicted octanol–water partition coefficient (Wildman–Crippen LogP) is 2.31. The molecule has 0 saturated carbocycles. The van der Waals surface area contributed by atoms with Crippen LogP contribution in [0.2, 0.25) is 0 Å². The highest BCUT2D eigenvalue weighted by Gasteiger charge is 2.35. The van der Waals surface area contributed by atoms with Crippen molar-refractivity contribution in [3.63, 3.8) is 0 Å². The highest BCUT2D eigenvalue weighted by Crippen LogP contribution is 2.38. The Morgan fingerprint density at radius 3 is 2.47 bits per heavy atom. The van der Waals surface area contributed by atoms with E-state index < -0.39 is 27.9 Å². The molecule has 1 heterocycles. The van der Waals surface area contributed by atoms with Crippen molar-refractivity contribution in [2.75, 3.05) is 11.0 Å². The smallest absolute Gasteiger partial charge is 0.303 e. The van der Waals surface area contributed by atoms with Gasteiger partial charge in [0, 0.05) is 24.0 Å². The zero-order valence-electron chi connectivity index (χ0n) is 16.1. The topological polar surface area (TPSA) is 136 Å². The predicted molar refractivity (Wildman–Crippen MR) is 111 cm³/mol. The van der Waals surface area contributed by atoms with Crippen LogP contribution in [0, 0.1) is 0 Å². The number of hydrogen-bond donors (Lipinski definition) is 3. The number of phenols is 1. The normalized spacial score (nSPS) is 16.2. The number of phenolic OH excluding ortho intramolecular Hbond substituents is 1. The van der Waals surface area contributed by atoms with Gasteiger partial charge in [0.25, 0.3) is 0 Å². The summed E-state index contributed by atoms with van der Waals surface area (Å²) in [7, 11) is -3.54. The number of carboxylic acids is 1. The van der Waals surface area contributed by atoms with Crippen molar-refractivity contribution in [3.8, 4) is 5.75 Å². The largest absolute Gasteiger partial charge is 0.508 e. The Labute approximate surface area is 173 Å². The van der Waals surface area contributed by atoms with E-state index in [1.54, 1.807) is 42.5 Å². The third-order valence-electron chi connectivity index (χ3n) is 4.55. The minimum atomic E-state index is -3.54. The lowest BCUT2D eigenvalue weighted by Crippen LogP contribution is -2.27. The first-order valence-corrected chi connectivity index (χ1v) is 11.0. The molecule has 9 nitrogen and oxygen atoms in total. The van der Waals surface area contributed by atoms with Gasteiger partial charge in [-0.15, -0.1) is 0 Å². The van der Waals surface area contributed by atoms with E-state index in [0.717, 1.165) is 6.26 Å². The van der Waals surface area contributed by atoms with Crippen LogP contribution in [-0.2, 0) is 19.6 Å². The molecule has 3 rings (SSSR count). The third-order valence-corrected chi connectivity index (χ3v) is 5.14. The summed E-state index contributed by atoms with van der Waals surface area (Å²) in [6.07, 6.45) is 0.658. The Bertz CT molecular complexity index is 1110. The summed E-state index contributed by atoms with van der Waals surface area (Å²) in [6, 6.07) is 12.5. The average molecular weight is 431 g/mol. The summed E-state index contributed by atoms with van der Waals surface area (Å²) in [4.78, 5) is 23.6. The molecule has 0 bridgehead atoms. The highest BCUT2D eigenvalue weighted by atomic mass is 32.2. The van der Waals surface area contributed by atoms with Crippen LogP contribution in [0.4, 0.5) is 5.69 Å². The van der Waals surface area contributed by atoms with Gasteiger partial charge in [0.05, 0.1) is 30.1 Å². The second kappa shape index (κ2) is 8.54. The number of amides is 1. The van der Waals surface area contributed by atoms with Crippen molar-refractivity contribution in [1.82, 2.24) is 5.01 Å². The molecular formula is C20H21N3O6S. The van der Waals surface area contributed by atoms with Crippen molar-refractivity contribution in [3.05, 3.63) is 59.7 Å². The first-order chi connectivity index (χ1) is 14.2. The second-order valence-corrected chi connectivity index (χ2v) is 8.63. The SMILES string of the molecule is CS(=O)(=O)Nc1ccccc1C1=NN(C(=O)CCC(=O)O)C(c2ccccc2O)C1. The molecule has 0 spiro atoms. The van der Waals surface area contributed by atoms with E-state index in [1.165, 1.54) is 11.1 Å². The molecule has 0 fully saturated rings. The van der Waals surface area contributed by atoms with E-state index in [4.69, 9.17) is 5.11 Å². The van der Waals surface area contributed by atoms with Gasteiger partial charge in [0.1, 0.15) is 5.75 Å². The highest BCUT2D eigenvalue weighted by molar-refractivity contribution is 7.92. The Balaban J connectivity index is 2.01. The number of hydrazone groups is 1. The quantitative estimate of drug-likeness (QED) is 0.615. The molecule has 1 aliphatic heterocycles. The zero-order chi connectivity index (χ0) is 21.9. The molecular weight excluding hydrogens is 410 g/mol. The number of carboxylic acid groups (broad SMARTS) is 1. The fourth-order valence-corrected chi connectivity index (χ4v) is 3.84. The lowest BCUT2D eigenvalue weighted by atomic mass is 9.97. The maximum atomic E-state index is 12.7. The maximum absolute atomic E-state index is 12.7. The van der Waals surface area contributed by atoms with E-state index in [2.05, 4.69) is 9.82 Å². The molecule has 10 heteroatoms. The molecule has 0 radical (unpaired) electrons. The number of aliphatic carboxylic acids is 1. The number of hydrogen-bond acceptors (Lipinski definition) is 6. The van der Waals surface area contributed by atoms with Gasteiger partial charge in [-0.25, -0.2) is 13.4 Å². The number of nitrogens with one attached hydrogen (secondary N) is 1. The van der Waals surface area contributed by atoms with Crippen LogP contribution < -0.4 is 4.72 Å². The number of carbonyl (C=O) groups is 2. The van der Waals surface area contributed by atoms with E-state index in [9.17, 15) is 23.1 Å². The monoisotopic (exact) mass is 431 g/mol. The molecule has 2 aromatic rings. The molecule has 1 aliphatic rings. The molecule has 2 aromatic carbocycles. The van der Waals surface area contributed by atoms with Crippen LogP contribution in [-0.4, -0.2) is 47.5 Å². The minimum absolute atomic E-state index is 0.0162. The van der Waals surface area contributed by atoms with Gasteiger partial charge in [-0.3, -0.25) is 14.3 Å². The first-order valence-electron chi connectivity index (χ1n) is 9.12. The van der Waals surface area contributed by atoms with Crippen molar-refractivity contribution < 1.29 is 28.2 Å². The van der Waals surface area contributed by atoms with Crippen molar-refractivity contribution in [2.45, 2.75) is 25.3 Å². The molecule has 1 amide bonds. The molecule has 0 aromatic heterocycles. The van der Waals surface area contributed by atoms with Crippen LogP contribution >= 0.6 is 0 Å². The van der Waals surface area contributed by atoms with Gasteiger partial charge < -0.3 is 10.2 Å². The molecule has 0 aliphatic carbocycles. The Kier molecular flexibility index (Phi) is 6.06. The summed E-state index contributed by atoms with van der Waals surface area (Å²) >= 11 is 0. The van der Waals surface area contributed by atoms with Crippen LogP contribution in [0.3, 0.4) is 0 Å². The summed E-state index contributed by atoms with van der Waals surface area (Å²) in [5.41, 5.74) is 1.72. The number of para-hydroxylation sites is 2. The Morgan fingerprint density at radius 2 is 1.80 bits per heavy atom. The summed E-state index contributed by atoms with van der Waals surface area (Å²) in [6.45, 7) is 0. The number of sulfonamides is 1. The number of carbonyl (C=O) groups excluding carboxylic acids is 1. The number of anilines is 1. The van der Waals surface area contributed by atoms with Crippen LogP contribution in [0.25, 0.3) is 0 Å². The van der Waals surface area contributed by atoms with E-state index >= 15 is 0 Å². The van der Waals surface area contributed by atoms with Crippen LogP contribution in [0.1, 0.15) is 36.4 Å². The van der Waals surface area contributed by atoms with Crippen molar-refractivity contribution in [2.24, 2.45) is 5.10 Å². The van der Waals surface area contributed by atoms with E-state index in [1.807, 2.05) is 0 Å². The Hall–Kier alpha value is -3.40. The maximum Gasteiger partial charge on any atom is 0.303 e. The van der Waals surface area contributed by atoms with Gasteiger partial charge in [0.15, 0.2) is 0 Å². The van der Waals surface area contributed by atoms with E-state index in [-0.39, 0.29) is 25.0 Å². The van der Waals surface area contributed by atoms with Gasteiger partial charge >= 0.3 is 5.97 Å². The van der Waals surface area contributed by atoms with Crippen molar-refractivity contribution >= 4 is 33.3 Å². The lowest BCUT2D eigenvalue weighted by Gasteiger charge is -2.22. The molecule has 0 saturated heterocycles. The number of rotatable bonds is 7. The lowest BCUT2D eigenvalue weighted by molar-refractivity contribution is -0.141. The first kappa shape index (κ1) is 21.3. The molecule has 30 heavy (non-hydrogen) atoms. The molecule has 1 atom stereocenters. The van der Waals surface area contributed by atoms with Gasteiger partial charge in [-0.2, -0.15) is 5.10 Å². The fourth-order valence-electron chi connectivity index (χ4n) is 3.27.